The lowest BCUT2D eigenvalue weighted by atomic mass is 9.94. The highest BCUT2D eigenvalue weighted by Crippen LogP contribution is 2.29. The molecule has 1 atom stereocenters. The molecule has 4 rings (SSSR count). The molecule has 0 bridgehead atoms. The molecule has 0 saturated carbocycles. The van der Waals surface area contributed by atoms with Crippen molar-refractivity contribution in [2.75, 3.05) is 26.8 Å². The highest BCUT2D eigenvalue weighted by Gasteiger charge is 2.26. The lowest BCUT2D eigenvalue weighted by molar-refractivity contribution is -0.134. The van der Waals surface area contributed by atoms with Crippen LogP contribution in [-0.4, -0.2) is 52.4 Å². The summed E-state index contributed by atoms with van der Waals surface area (Å²) in [5.41, 5.74) is 3.04. The van der Waals surface area contributed by atoms with Crippen LogP contribution in [0.25, 0.3) is 11.0 Å². The summed E-state index contributed by atoms with van der Waals surface area (Å²) in [5.74, 6) is 1.45. The van der Waals surface area contributed by atoms with Crippen LogP contribution in [0, 0.1) is 6.92 Å². The van der Waals surface area contributed by atoms with Crippen LogP contribution >= 0.6 is 0 Å². The number of carbonyl (C=O) groups excluding carboxylic acids is 1. The van der Waals surface area contributed by atoms with E-state index in [4.69, 9.17) is 14.5 Å². The maximum absolute atomic E-state index is 12.9. The van der Waals surface area contributed by atoms with Crippen LogP contribution in [0.3, 0.4) is 0 Å². The van der Waals surface area contributed by atoms with Gasteiger partial charge in [-0.2, -0.15) is 5.10 Å². The number of fused-ring (bicyclic) bond motifs is 1. The lowest BCUT2D eigenvalue weighted by Crippen LogP contribution is -2.41. The normalized spacial score (nSPS) is 16.5. The molecule has 31 heavy (non-hydrogen) atoms. The van der Waals surface area contributed by atoms with Crippen molar-refractivity contribution in [2.24, 2.45) is 0 Å². The molecule has 3 aromatic rings. The average Bonchev–Trinajstić information content (AvgIpc) is 3.20. The topological polar surface area (TPSA) is 69.5 Å². The molecule has 7 nitrogen and oxygen atoms in total. The average molecular weight is 423 g/mol. The van der Waals surface area contributed by atoms with Gasteiger partial charge in [0.2, 0.25) is 0 Å². The first kappa shape index (κ1) is 21.2. The smallest absolute Gasteiger partial charge is 0.260 e. The van der Waals surface area contributed by atoms with Gasteiger partial charge in [-0.25, -0.2) is 9.67 Å². The first-order valence-electron chi connectivity index (χ1n) is 11.0. The number of nitrogens with zero attached hydrogens (tertiary/aromatic N) is 4. The van der Waals surface area contributed by atoms with E-state index in [1.165, 1.54) is 0 Å². The molecular formula is C24H30N4O3. The molecule has 1 unspecified atom stereocenters. The van der Waals surface area contributed by atoms with Crippen molar-refractivity contribution in [3.63, 3.8) is 0 Å². The quantitative estimate of drug-likeness (QED) is 0.577. The Morgan fingerprint density at radius 3 is 2.90 bits per heavy atom. The number of piperidine rings is 1. The Balaban J connectivity index is 1.43. The van der Waals surface area contributed by atoms with Crippen molar-refractivity contribution in [3.05, 3.63) is 47.8 Å². The molecule has 1 saturated heterocycles. The van der Waals surface area contributed by atoms with Gasteiger partial charge in [0.15, 0.2) is 23.8 Å². The van der Waals surface area contributed by atoms with E-state index < -0.39 is 0 Å². The van der Waals surface area contributed by atoms with Gasteiger partial charge in [-0.1, -0.05) is 13.0 Å². The van der Waals surface area contributed by atoms with E-state index in [0.29, 0.717) is 18.0 Å². The number of amides is 1. The van der Waals surface area contributed by atoms with Crippen LogP contribution in [0.4, 0.5) is 0 Å². The fourth-order valence-electron chi connectivity index (χ4n) is 4.14. The molecule has 0 aliphatic carbocycles. The fraction of sp³-hybridized carbons (Fsp3) is 0.458. The zero-order valence-corrected chi connectivity index (χ0v) is 18.5. The Hall–Kier alpha value is -3.09. The zero-order chi connectivity index (χ0) is 21.8. The van der Waals surface area contributed by atoms with Gasteiger partial charge in [-0.15, -0.1) is 0 Å². The molecular weight excluding hydrogens is 392 g/mol. The second-order valence-corrected chi connectivity index (χ2v) is 8.14. The number of aromatic nitrogens is 3. The maximum atomic E-state index is 12.9. The number of ether oxygens (including phenoxy) is 2. The third kappa shape index (κ3) is 4.65. The van der Waals surface area contributed by atoms with E-state index in [9.17, 15) is 4.79 Å². The Kier molecular flexibility index (Phi) is 6.39. The van der Waals surface area contributed by atoms with Gasteiger partial charge < -0.3 is 14.4 Å². The number of aryl methyl sites for hydroxylation is 2. The van der Waals surface area contributed by atoms with Crippen LogP contribution in [0.1, 0.15) is 43.4 Å². The Labute approximate surface area is 183 Å². The van der Waals surface area contributed by atoms with E-state index in [2.05, 4.69) is 24.2 Å². The van der Waals surface area contributed by atoms with E-state index in [-0.39, 0.29) is 18.4 Å². The minimum absolute atomic E-state index is 0.00186. The van der Waals surface area contributed by atoms with E-state index in [1.807, 2.05) is 40.9 Å². The minimum atomic E-state index is -0.00979. The number of rotatable bonds is 7. The number of hydrogen-bond acceptors (Lipinski definition) is 5. The fourth-order valence-corrected chi connectivity index (χ4v) is 4.14. The van der Waals surface area contributed by atoms with Crippen molar-refractivity contribution in [1.29, 1.82) is 0 Å². The minimum Gasteiger partial charge on any atom is -0.493 e. The first-order chi connectivity index (χ1) is 15.1. The summed E-state index contributed by atoms with van der Waals surface area (Å²) in [6.45, 7) is 6.40. The van der Waals surface area contributed by atoms with Gasteiger partial charge >= 0.3 is 0 Å². The van der Waals surface area contributed by atoms with Crippen LogP contribution in [0.5, 0.6) is 11.5 Å². The number of pyridine rings is 1. The van der Waals surface area contributed by atoms with Crippen LogP contribution in [0.15, 0.2) is 36.5 Å². The monoisotopic (exact) mass is 422 g/mol. The summed E-state index contributed by atoms with van der Waals surface area (Å²) in [6, 6.07) is 9.86. The van der Waals surface area contributed by atoms with Crippen LogP contribution < -0.4 is 9.47 Å². The Morgan fingerprint density at radius 2 is 2.10 bits per heavy atom. The van der Waals surface area contributed by atoms with Crippen molar-refractivity contribution < 1.29 is 14.3 Å². The molecule has 1 aromatic carbocycles. The van der Waals surface area contributed by atoms with Gasteiger partial charge in [-0.05, 0) is 56.0 Å². The molecule has 2 aromatic heterocycles. The number of methoxy groups -OCH3 is 1. The largest absolute Gasteiger partial charge is 0.493 e. The van der Waals surface area contributed by atoms with E-state index in [1.54, 1.807) is 7.11 Å². The molecule has 164 valence electrons. The summed E-state index contributed by atoms with van der Waals surface area (Å²) >= 11 is 0. The van der Waals surface area contributed by atoms with Gasteiger partial charge in [0, 0.05) is 36.6 Å². The van der Waals surface area contributed by atoms with Crippen LogP contribution in [0.2, 0.25) is 0 Å². The number of hydrogen-bond donors (Lipinski definition) is 0. The SMILES string of the molecule is CCCn1ncc2ccc(C3CCCN(C(=O)COc4ccc(C)cc4OC)C3)nc21. The molecule has 1 fully saturated rings. The summed E-state index contributed by atoms with van der Waals surface area (Å²) in [5, 5.41) is 5.51. The van der Waals surface area contributed by atoms with Gasteiger partial charge in [0.25, 0.3) is 5.91 Å². The van der Waals surface area contributed by atoms with E-state index in [0.717, 1.165) is 54.6 Å². The summed E-state index contributed by atoms with van der Waals surface area (Å²) in [6.07, 6.45) is 4.87. The molecule has 3 heterocycles. The molecule has 1 amide bonds. The maximum Gasteiger partial charge on any atom is 0.260 e. The zero-order valence-electron chi connectivity index (χ0n) is 18.5. The third-order valence-corrected chi connectivity index (χ3v) is 5.81. The van der Waals surface area contributed by atoms with E-state index >= 15 is 0 Å². The van der Waals surface area contributed by atoms with Crippen molar-refractivity contribution in [3.8, 4) is 11.5 Å². The molecule has 0 radical (unpaired) electrons. The van der Waals surface area contributed by atoms with Gasteiger partial charge in [-0.3, -0.25) is 4.79 Å². The summed E-state index contributed by atoms with van der Waals surface area (Å²) in [7, 11) is 1.61. The lowest BCUT2D eigenvalue weighted by Gasteiger charge is -2.32. The molecule has 7 heteroatoms. The van der Waals surface area contributed by atoms with Gasteiger partial charge in [0.1, 0.15) is 0 Å². The second-order valence-electron chi connectivity index (χ2n) is 8.14. The second kappa shape index (κ2) is 9.37. The van der Waals surface area contributed by atoms with Crippen molar-refractivity contribution in [1.82, 2.24) is 19.7 Å². The number of benzene rings is 1. The van der Waals surface area contributed by atoms with Gasteiger partial charge in [0.05, 0.1) is 13.3 Å². The number of likely N-dealkylation sites (tertiary alicyclic amines) is 1. The molecule has 1 aliphatic rings. The standard InChI is InChI=1S/C24H30N4O3/c1-4-11-28-24-18(14-25-28)8-9-20(26-24)19-6-5-12-27(15-19)23(29)16-31-21-10-7-17(2)13-22(21)30-3/h7-10,13-14,19H,4-6,11-12,15-16H2,1-3H3. The third-order valence-electron chi connectivity index (χ3n) is 5.81. The highest BCUT2D eigenvalue weighted by atomic mass is 16.5. The Bertz CT molecular complexity index is 1060. The van der Waals surface area contributed by atoms with Crippen molar-refractivity contribution >= 4 is 16.9 Å². The highest BCUT2D eigenvalue weighted by molar-refractivity contribution is 5.78. The Morgan fingerprint density at radius 1 is 1.23 bits per heavy atom. The summed E-state index contributed by atoms with van der Waals surface area (Å²) in [4.78, 5) is 19.7. The van der Waals surface area contributed by atoms with Crippen molar-refractivity contribution in [2.45, 2.75) is 45.6 Å². The summed E-state index contributed by atoms with van der Waals surface area (Å²) < 4.78 is 13.1. The molecule has 0 spiro atoms. The first-order valence-corrected chi connectivity index (χ1v) is 11.0. The number of carbonyl (C=O) groups is 1. The van der Waals surface area contributed by atoms with Crippen LogP contribution in [-0.2, 0) is 11.3 Å². The molecule has 0 N–H and O–H groups in total. The predicted molar refractivity (Wildman–Crippen MR) is 120 cm³/mol. The predicted octanol–water partition coefficient (Wildman–Crippen LogP) is 3.94. The molecule has 1 aliphatic heterocycles.